The summed E-state index contributed by atoms with van der Waals surface area (Å²) in [6.45, 7) is 6.84. The van der Waals surface area contributed by atoms with Gasteiger partial charge in [-0.15, -0.1) is 0 Å². The molecule has 0 aromatic heterocycles. The second kappa shape index (κ2) is 9.57. The zero-order valence-corrected chi connectivity index (χ0v) is 15.4. The molecule has 2 aromatic carbocycles. The molecule has 0 amide bonds. The maximum atomic E-state index is 6.46. The van der Waals surface area contributed by atoms with Crippen LogP contribution in [0.25, 0.3) is 12.2 Å². The van der Waals surface area contributed by atoms with Crippen LogP contribution in [0.15, 0.2) is 71.8 Å². The van der Waals surface area contributed by atoms with Gasteiger partial charge in [-0.25, -0.2) is 0 Å². The van der Waals surface area contributed by atoms with Crippen molar-refractivity contribution < 1.29 is 9.80 Å². The van der Waals surface area contributed by atoms with Gasteiger partial charge in [0.25, 0.3) is 0 Å². The van der Waals surface area contributed by atoms with Crippen molar-refractivity contribution in [3.8, 4) is 0 Å². The predicted octanol–water partition coefficient (Wildman–Crippen LogP) is 1.76. The maximum Gasteiger partial charge on any atom is 0.127 e. The van der Waals surface area contributed by atoms with Crippen LogP contribution in [0.5, 0.6) is 0 Å². The summed E-state index contributed by atoms with van der Waals surface area (Å²) in [4.78, 5) is 3.26. The standard InChI is InChI=1S/C22H25ClN2/c23-22(18-21-10-5-2-6-11-21)19-25-16-14-24(15-17-25)13-7-12-20-8-3-1-4-9-20/h1-12,18H,13-17,19H2/p+2/b12-7+,22-18-. The van der Waals surface area contributed by atoms with Gasteiger partial charge in [0.05, 0.1) is 11.6 Å². The molecule has 0 unspecified atom stereocenters. The van der Waals surface area contributed by atoms with Crippen LogP contribution in [0.2, 0.25) is 0 Å². The summed E-state index contributed by atoms with van der Waals surface area (Å²) in [5, 5.41) is 0.952. The van der Waals surface area contributed by atoms with E-state index >= 15 is 0 Å². The number of rotatable bonds is 6. The van der Waals surface area contributed by atoms with E-state index in [2.05, 4.69) is 60.7 Å². The second-order valence-electron chi connectivity index (χ2n) is 6.70. The van der Waals surface area contributed by atoms with Crippen molar-refractivity contribution >= 4 is 23.8 Å². The highest BCUT2D eigenvalue weighted by atomic mass is 35.5. The van der Waals surface area contributed by atoms with E-state index in [1.54, 1.807) is 9.80 Å². The fraction of sp³-hybridized carbons (Fsp3) is 0.273. The smallest absolute Gasteiger partial charge is 0.127 e. The van der Waals surface area contributed by atoms with Crippen molar-refractivity contribution in [3.63, 3.8) is 0 Å². The van der Waals surface area contributed by atoms with Gasteiger partial charge in [0.2, 0.25) is 0 Å². The third-order valence-corrected chi connectivity index (χ3v) is 4.97. The van der Waals surface area contributed by atoms with E-state index < -0.39 is 0 Å². The molecule has 0 saturated carbocycles. The van der Waals surface area contributed by atoms with Gasteiger partial charge < -0.3 is 9.80 Å². The van der Waals surface area contributed by atoms with Gasteiger partial charge in [0.15, 0.2) is 0 Å². The molecule has 2 N–H and O–H groups in total. The average molecular weight is 355 g/mol. The SMILES string of the molecule is Cl/C(=C\c1ccccc1)C[NH+]1CC[NH+](C/C=C/c2ccccc2)CC1. The molecule has 1 heterocycles. The van der Waals surface area contributed by atoms with Gasteiger partial charge in [-0.1, -0.05) is 78.3 Å². The molecule has 3 heteroatoms. The first-order valence-corrected chi connectivity index (χ1v) is 9.47. The van der Waals surface area contributed by atoms with Crippen molar-refractivity contribution in [2.75, 3.05) is 39.3 Å². The Labute approximate surface area is 156 Å². The van der Waals surface area contributed by atoms with E-state index in [0.29, 0.717) is 0 Å². The largest absolute Gasteiger partial charge is 0.322 e. The van der Waals surface area contributed by atoms with Crippen molar-refractivity contribution in [2.45, 2.75) is 0 Å². The Morgan fingerprint density at radius 3 is 2.00 bits per heavy atom. The van der Waals surface area contributed by atoms with Gasteiger partial charge in [-0.2, -0.15) is 0 Å². The number of hydrogen-bond acceptors (Lipinski definition) is 0. The van der Waals surface area contributed by atoms with Crippen LogP contribution in [0.4, 0.5) is 0 Å². The molecule has 2 nitrogen and oxygen atoms in total. The van der Waals surface area contributed by atoms with Crippen molar-refractivity contribution in [1.82, 2.24) is 0 Å². The monoisotopic (exact) mass is 354 g/mol. The highest BCUT2D eigenvalue weighted by Gasteiger charge is 2.22. The fourth-order valence-corrected chi connectivity index (χ4v) is 3.60. The minimum absolute atomic E-state index is 0.934. The normalized spacial score (nSPS) is 21.6. The fourth-order valence-electron chi connectivity index (χ4n) is 3.28. The van der Waals surface area contributed by atoms with Gasteiger partial charge in [-0.05, 0) is 23.3 Å². The lowest BCUT2D eigenvalue weighted by Gasteiger charge is -2.29. The Balaban J connectivity index is 1.41. The van der Waals surface area contributed by atoms with Crippen LogP contribution < -0.4 is 9.80 Å². The Hall–Kier alpha value is -1.87. The third kappa shape index (κ3) is 6.17. The minimum Gasteiger partial charge on any atom is -0.322 e. The number of nitrogens with one attached hydrogen (secondary N) is 2. The minimum atomic E-state index is 0.934. The highest BCUT2D eigenvalue weighted by Crippen LogP contribution is 2.08. The predicted molar refractivity (Wildman–Crippen MR) is 107 cm³/mol. The van der Waals surface area contributed by atoms with E-state index in [0.717, 1.165) is 18.1 Å². The summed E-state index contributed by atoms with van der Waals surface area (Å²) in [6, 6.07) is 20.8. The molecule has 0 spiro atoms. The van der Waals surface area contributed by atoms with Gasteiger partial charge >= 0.3 is 0 Å². The molecule has 1 aliphatic heterocycles. The molecule has 0 bridgehead atoms. The molecule has 1 fully saturated rings. The summed E-state index contributed by atoms with van der Waals surface area (Å²) in [5.74, 6) is 0. The average Bonchev–Trinajstić information content (AvgIpc) is 2.65. The second-order valence-corrected chi connectivity index (χ2v) is 7.18. The molecule has 130 valence electrons. The Morgan fingerprint density at radius 2 is 1.36 bits per heavy atom. The molecule has 0 radical (unpaired) electrons. The lowest BCUT2D eigenvalue weighted by atomic mass is 10.2. The van der Waals surface area contributed by atoms with Crippen LogP contribution in [-0.2, 0) is 0 Å². The van der Waals surface area contributed by atoms with Crippen molar-refractivity contribution in [2.24, 2.45) is 0 Å². The zero-order valence-electron chi connectivity index (χ0n) is 14.6. The Kier molecular flexibility index (Phi) is 6.87. The summed E-state index contributed by atoms with van der Waals surface area (Å²) in [6.07, 6.45) is 6.63. The Morgan fingerprint density at radius 1 is 0.800 bits per heavy atom. The van der Waals surface area contributed by atoms with Gasteiger partial charge in [0.1, 0.15) is 32.7 Å². The molecule has 0 atom stereocenters. The molecule has 25 heavy (non-hydrogen) atoms. The first kappa shape index (κ1) is 17.9. The maximum absolute atomic E-state index is 6.46. The quantitative estimate of drug-likeness (QED) is 0.782. The first-order chi connectivity index (χ1) is 12.3. The van der Waals surface area contributed by atoms with Crippen LogP contribution in [-0.4, -0.2) is 39.3 Å². The molecule has 0 aliphatic carbocycles. The van der Waals surface area contributed by atoms with Crippen molar-refractivity contribution in [3.05, 3.63) is 82.9 Å². The van der Waals surface area contributed by atoms with Crippen LogP contribution in [0, 0.1) is 0 Å². The van der Waals surface area contributed by atoms with E-state index in [-0.39, 0.29) is 0 Å². The molecule has 1 aliphatic rings. The van der Waals surface area contributed by atoms with Crippen LogP contribution in [0.1, 0.15) is 11.1 Å². The number of piperazine rings is 1. The number of benzene rings is 2. The molecule has 1 saturated heterocycles. The highest BCUT2D eigenvalue weighted by molar-refractivity contribution is 6.31. The van der Waals surface area contributed by atoms with E-state index in [9.17, 15) is 0 Å². The first-order valence-electron chi connectivity index (χ1n) is 9.09. The van der Waals surface area contributed by atoms with E-state index in [1.807, 2.05) is 18.2 Å². The number of hydrogen-bond donors (Lipinski definition) is 2. The topological polar surface area (TPSA) is 8.88 Å². The van der Waals surface area contributed by atoms with Crippen LogP contribution >= 0.6 is 11.6 Å². The zero-order chi connectivity index (χ0) is 17.3. The lowest BCUT2D eigenvalue weighted by Crippen LogP contribution is -3.28. The molecule has 2 aromatic rings. The van der Waals surface area contributed by atoms with E-state index in [1.165, 1.54) is 37.3 Å². The van der Waals surface area contributed by atoms with Gasteiger partial charge in [0, 0.05) is 0 Å². The van der Waals surface area contributed by atoms with E-state index in [4.69, 9.17) is 11.6 Å². The summed E-state index contributed by atoms with van der Waals surface area (Å²) in [7, 11) is 0. The third-order valence-electron chi connectivity index (χ3n) is 4.72. The molecular formula is C22H27ClN2+2. The summed E-state index contributed by atoms with van der Waals surface area (Å²) in [5.41, 5.74) is 2.46. The summed E-state index contributed by atoms with van der Waals surface area (Å²) < 4.78 is 0. The summed E-state index contributed by atoms with van der Waals surface area (Å²) >= 11 is 6.46. The van der Waals surface area contributed by atoms with Crippen LogP contribution in [0.3, 0.4) is 0 Å². The van der Waals surface area contributed by atoms with Crippen molar-refractivity contribution in [1.29, 1.82) is 0 Å². The lowest BCUT2D eigenvalue weighted by molar-refractivity contribution is -1.01. The number of halogens is 1. The number of quaternary nitrogens is 2. The van der Waals surface area contributed by atoms with Gasteiger partial charge in [-0.3, -0.25) is 0 Å². The molecular weight excluding hydrogens is 328 g/mol. The molecule has 3 rings (SSSR count). The Bertz CT molecular complexity index is 686.